The van der Waals surface area contributed by atoms with Gasteiger partial charge in [0.15, 0.2) is 29.1 Å². The van der Waals surface area contributed by atoms with Crippen molar-refractivity contribution in [3.8, 4) is 28.7 Å². The predicted molar refractivity (Wildman–Crippen MR) is 137 cm³/mol. The number of methoxy groups -OCH3 is 3. The van der Waals surface area contributed by atoms with Gasteiger partial charge in [0.25, 0.3) is 0 Å². The Hall–Kier alpha value is -2.84. The maximum absolute atomic E-state index is 11.1. The van der Waals surface area contributed by atoms with E-state index >= 15 is 0 Å². The van der Waals surface area contributed by atoms with Crippen molar-refractivity contribution in [1.29, 1.82) is 0 Å². The van der Waals surface area contributed by atoms with Crippen molar-refractivity contribution in [2.45, 2.75) is 62.7 Å². The van der Waals surface area contributed by atoms with Crippen molar-refractivity contribution in [2.75, 3.05) is 34.5 Å². The highest BCUT2D eigenvalue weighted by Crippen LogP contribution is 2.41. The van der Waals surface area contributed by atoms with Gasteiger partial charge in [0.1, 0.15) is 24.4 Å². The zero-order chi connectivity index (χ0) is 28.7. The standard InChI is InChI=1S/C27H38O12/c1-14-22(30)24(32)25(33)27(37-14)39-17-8-7-16(12-18(17)34-2)23(31)21(13-29)38-26-19(35-3)10-15(6-5-9-28)11-20(26)36-4/h7-8,10-12,14,21-25,27-33H,5-6,9,13H2,1-4H3/t14-,21-,22-,23+,24+,25+,27-/m0/s1. The molecular weight excluding hydrogens is 516 g/mol. The third kappa shape index (κ3) is 7.03. The number of ether oxygens (including phenoxy) is 6. The summed E-state index contributed by atoms with van der Waals surface area (Å²) in [6, 6.07) is 7.94. The number of aryl methyl sites for hydroxylation is 1. The Kier molecular flexibility index (Phi) is 11.0. The molecule has 0 saturated carbocycles. The van der Waals surface area contributed by atoms with Gasteiger partial charge in [-0.3, -0.25) is 0 Å². The zero-order valence-electron chi connectivity index (χ0n) is 22.4. The van der Waals surface area contributed by atoms with Crippen LogP contribution in [0.5, 0.6) is 28.7 Å². The van der Waals surface area contributed by atoms with Crippen LogP contribution in [0.1, 0.15) is 30.6 Å². The quantitative estimate of drug-likeness (QED) is 0.200. The first-order valence-corrected chi connectivity index (χ1v) is 12.5. The van der Waals surface area contributed by atoms with Gasteiger partial charge in [-0.1, -0.05) is 6.07 Å². The van der Waals surface area contributed by atoms with Crippen molar-refractivity contribution in [1.82, 2.24) is 0 Å². The van der Waals surface area contributed by atoms with E-state index in [-0.39, 0.29) is 23.9 Å². The minimum Gasteiger partial charge on any atom is -0.493 e. The van der Waals surface area contributed by atoms with Crippen LogP contribution in [0.15, 0.2) is 30.3 Å². The van der Waals surface area contributed by atoms with Crippen LogP contribution < -0.4 is 23.7 Å². The van der Waals surface area contributed by atoms with Gasteiger partial charge in [0, 0.05) is 6.61 Å². The number of aliphatic hydroxyl groups is 6. The van der Waals surface area contributed by atoms with E-state index in [2.05, 4.69) is 0 Å². The molecular formula is C27H38O12. The minimum atomic E-state index is -1.52. The van der Waals surface area contributed by atoms with Crippen LogP contribution in [0, 0.1) is 0 Å². The van der Waals surface area contributed by atoms with Gasteiger partial charge in [-0.25, -0.2) is 0 Å². The Morgan fingerprint density at radius 3 is 2.05 bits per heavy atom. The molecule has 1 saturated heterocycles. The lowest BCUT2D eigenvalue weighted by Gasteiger charge is -2.39. The number of hydrogen-bond donors (Lipinski definition) is 6. The predicted octanol–water partition coefficient (Wildman–Crippen LogP) is 0.317. The van der Waals surface area contributed by atoms with Crippen molar-refractivity contribution in [2.24, 2.45) is 0 Å². The Balaban J connectivity index is 1.82. The van der Waals surface area contributed by atoms with E-state index in [0.29, 0.717) is 29.9 Å². The second kappa shape index (κ2) is 14.0. The molecule has 2 aromatic rings. The van der Waals surface area contributed by atoms with Crippen LogP contribution in [0.3, 0.4) is 0 Å². The van der Waals surface area contributed by atoms with Crippen molar-refractivity contribution < 1.29 is 59.1 Å². The first-order valence-electron chi connectivity index (χ1n) is 12.5. The molecule has 1 fully saturated rings. The van der Waals surface area contributed by atoms with E-state index in [1.54, 1.807) is 12.1 Å². The molecule has 0 amide bonds. The van der Waals surface area contributed by atoms with Crippen LogP contribution in [0.2, 0.25) is 0 Å². The average Bonchev–Trinajstić information content (AvgIpc) is 2.95. The maximum Gasteiger partial charge on any atom is 0.229 e. The highest BCUT2D eigenvalue weighted by molar-refractivity contribution is 5.54. The molecule has 0 spiro atoms. The smallest absolute Gasteiger partial charge is 0.229 e. The van der Waals surface area contributed by atoms with Gasteiger partial charge in [0.05, 0.1) is 34.0 Å². The van der Waals surface area contributed by atoms with Crippen LogP contribution in [-0.4, -0.2) is 102 Å². The Morgan fingerprint density at radius 2 is 1.49 bits per heavy atom. The summed E-state index contributed by atoms with van der Waals surface area (Å²) in [5.74, 6) is 1.19. The summed E-state index contributed by atoms with van der Waals surface area (Å²) in [4.78, 5) is 0. The SMILES string of the molecule is COc1cc([C@@H](O)[C@H](CO)Oc2c(OC)cc(CCCO)cc2OC)ccc1O[C@@H]1O[C@@H](C)[C@H](O)[C@@H](O)[C@H]1O. The molecule has 6 N–H and O–H groups in total. The number of rotatable bonds is 13. The van der Waals surface area contributed by atoms with E-state index in [4.69, 9.17) is 33.5 Å². The van der Waals surface area contributed by atoms with Gasteiger partial charge in [0.2, 0.25) is 12.0 Å². The fourth-order valence-electron chi connectivity index (χ4n) is 4.25. The van der Waals surface area contributed by atoms with Crippen molar-refractivity contribution in [3.05, 3.63) is 41.5 Å². The molecule has 2 aromatic carbocycles. The summed E-state index contributed by atoms with van der Waals surface area (Å²) in [6.07, 6.45) is -7.64. The number of aliphatic hydroxyl groups excluding tert-OH is 6. The fourth-order valence-corrected chi connectivity index (χ4v) is 4.25. The van der Waals surface area contributed by atoms with Crippen LogP contribution in [0.4, 0.5) is 0 Å². The van der Waals surface area contributed by atoms with Gasteiger partial charge < -0.3 is 59.1 Å². The van der Waals surface area contributed by atoms with E-state index in [1.807, 2.05) is 0 Å². The van der Waals surface area contributed by atoms with Gasteiger partial charge in [-0.2, -0.15) is 0 Å². The topological polar surface area (TPSA) is 177 Å². The first-order chi connectivity index (χ1) is 18.7. The minimum absolute atomic E-state index is 0.0351. The lowest BCUT2D eigenvalue weighted by Crippen LogP contribution is -2.58. The molecule has 218 valence electrons. The van der Waals surface area contributed by atoms with Crippen molar-refractivity contribution in [3.63, 3.8) is 0 Å². The number of benzene rings is 2. The molecule has 12 heteroatoms. The summed E-state index contributed by atoms with van der Waals surface area (Å²) in [5.41, 5.74) is 1.18. The lowest BCUT2D eigenvalue weighted by molar-refractivity contribution is -0.268. The molecule has 1 aliphatic rings. The van der Waals surface area contributed by atoms with Gasteiger partial charge >= 0.3 is 0 Å². The largest absolute Gasteiger partial charge is 0.493 e. The second-order valence-electron chi connectivity index (χ2n) is 9.15. The zero-order valence-corrected chi connectivity index (χ0v) is 22.4. The highest BCUT2D eigenvalue weighted by atomic mass is 16.7. The molecule has 12 nitrogen and oxygen atoms in total. The van der Waals surface area contributed by atoms with Crippen molar-refractivity contribution >= 4 is 0 Å². The average molecular weight is 555 g/mol. The Labute approximate surface area is 226 Å². The summed E-state index contributed by atoms with van der Waals surface area (Å²) in [7, 11) is 4.30. The molecule has 0 radical (unpaired) electrons. The fraction of sp³-hybridized carbons (Fsp3) is 0.556. The third-order valence-electron chi connectivity index (χ3n) is 6.53. The molecule has 1 heterocycles. The van der Waals surface area contributed by atoms with E-state index < -0.39 is 49.5 Å². The molecule has 0 aromatic heterocycles. The van der Waals surface area contributed by atoms with E-state index in [0.717, 1.165) is 5.56 Å². The van der Waals surface area contributed by atoms with Crippen LogP contribution in [-0.2, 0) is 11.2 Å². The maximum atomic E-state index is 11.1. The summed E-state index contributed by atoms with van der Waals surface area (Å²) < 4.78 is 33.5. The summed E-state index contributed by atoms with van der Waals surface area (Å²) in [5, 5.41) is 60.5. The van der Waals surface area contributed by atoms with E-state index in [1.165, 1.54) is 46.5 Å². The Morgan fingerprint density at radius 1 is 0.846 bits per heavy atom. The van der Waals surface area contributed by atoms with Gasteiger partial charge in [-0.15, -0.1) is 0 Å². The third-order valence-corrected chi connectivity index (χ3v) is 6.53. The molecule has 0 bridgehead atoms. The molecule has 0 aliphatic carbocycles. The normalized spacial score (nSPS) is 24.5. The molecule has 39 heavy (non-hydrogen) atoms. The monoisotopic (exact) mass is 554 g/mol. The highest BCUT2D eigenvalue weighted by Gasteiger charge is 2.43. The van der Waals surface area contributed by atoms with Gasteiger partial charge in [-0.05, 0) is 55.2 Å². The second-order valence-corrected chi connectivity index (χ2v) is 9.15. The van der Waals surface area contributed by atoms with E-state index in [9.17, 15) is 25.5 Å². The first kappa shape index (κ1) is 30.7. The summed E-state index contributed by atoms with van der Waals surface area (Å²) >= 11 is 0. The molecule has 7 atom stereocenters. The molecule has 1 aliphatic heterocycles. The summed E-state index contributed by atoms with van der Waals surface area (Å²) in [6.45, 7) is 1.02. The molecule has 0 unspecified atom stereocenters. The Bertz CT molecular complexity index is 1040. The molecule has 3 rings (SSSR count). The van der Waals surface area contributed by atoms with Crippen LogP contribution in [0.25, 0.3) is 0 Å². The van der Waals surface area contributed by atoms with Crippen LogP contribution >= 0.6 is 0 Å². The number of hydrogen-bond acceptors (Lipinski definition) is 12. The lowest BCUT2D eigenvalue weighted by atomic mass is 10.00.